The first-order valence-corrected chi connectivity index (χ1v) is 5.84. The number of nitrogens with one attached hydrogen (secondary N) is 1. The average Bonchev–Trinajstić information content (AvgIpc) is 2.82. The van der Waals surface area contributed by atoms with Crippen LogP contribution < -0.4 is 5.32 Å². The Hall–Kier alpha value is -1.06. The quantitative estimate of drug-likeness (QED) is 0.730. The predicted molar refractivity (Wildman–Crippen MR) is 59.9 cm³/mol. The molecular weight excluding hydrogens is 190 g/mol. The van der Waals surface area contributed by atoms with E-state index < -0.39 is 0 Å². The lowest BCUT2D eigenvalue weighted by Crippen LogP contribution is -2.45. The van der Waals surface area contributed by atoms with E-state index in [0.717, 1.165) is 25.9 Å². The van der Waals surface area contributed by atoms with E-state index in [-0.39, 0.29) is 5.91 Å². The highest BCUT2D eigenvalue weighted by molar-refractivity contribution is 6.38. The molecule has 0 bridgehead atoms. The first-order valence-electron chi connectivity index (χ1n) is 5.84. The van der Waals surface area contributed by atoms with Gasteiger partial charge >= 0.3 is 0 Å². The molecule has 2 aliphatic rings. The highest BCUT2D eigenvalue weighted by Crippen LogP contribution is 2.21. The molecule has 4 nitrogen and oxygen atoms in total. The van der Waals surface area contributed by atoms with Crippen LogP contribution in [0.15, 0.2) is 4.99 Å². The van der Waals surface area contributed by atoms with Crippen LogP contribution in [0.1, 0.15) is 32.1 Å². The lowest BCUT2D eigenvalue weighted by molar-refractivity contribution is -0.125. The highest BCUT2D eigenvalue weighted by Gasteiger charge is 2.26. The van der Waals surface area contributed by atoms with Crippen LogP contribution >= 0.6 is 0 Å². The first kappa shape index (κ1) is 10.5. The fourth-order valence-corrected chi connectivity index (χ4v) is 2.34. The molecule has 0 radical (unpaired) electrons. The topological polar surface area (TPSA) is 44.7 Å². The van der Waals surface area contributed by atoms with Gasteiger partial charge in [0.15, 0.2) is 5.84 Å². The van der Waals surface area contributed by atoms with Gasteiger partial charge in [0.25, 0.3) is 5.91 Å². The monoisotopic (exact) mass is 209 g/mol. The lowest BCUT2D eigenvalue weighted by Gasteiger charge is -2.31. The average molecular weight is 209 g/mol. The summed E-state index contributed by atoms with van der Waals surface area (Å²) in [4.78, 5) is 18.0. The van der Waals surface area contributed by atoms with Crippen molar-refractivity contribution in [1.29, 1.82) is 0 Å². The van der Waals surface area contributed by atoms with Gasteiger partial charge in [-0.25, -0.2) is 0 Å². The minimum atomic E-state index is 0.0689. The lowest BCUT2D eigenvalue weighted by atomic mass is 9.94. The highest BCUT2D eigenvalue weighted by atomic mass is 16.2. The second-order valence-corrected chi connectivity index (χ2v) is 4.36. The molecule has 1 saturated carbocycles. The SMILES string of the molecule is CN(C(=O)C1=NCCN1)C1CCCCC1. The van der Waals surface area contributed by atoms with Crippen LogP contribution in [-0.2, 0) is 4.79 Å². The van der Waals surface area contributed by atoms with Gasteiger partial charge in [-0.2, -0.15) is 0 Å². The Labute approximate surface area is 90.7 Å². The van der Waals surface area contributed by atoms with Gasteiger partial charge in [-0.1, -0.05) is 19.3 Å². The van der Waals surface area contributed by atoms with Crippen molar-refractivity contribution in [2.75, 3.05) is 20.1 Å². The van der Waals surface area contributed by atoms with Crippen molar-refractivity contribution in [3.8, 4) is 0 Å². The standard InChI is InChI=1S/C11H19N3O/c1-14(9-5-3-2-4-6-9)11(15)10-12-7-8-13-10/h9H,2-8H2,1H3,(H,12,13). The molecule has 2 rings (SSSR count). The molecule has 1 amide bonds. The summed E-state index contributed by atoms with van der Waals surface area (Å²) < 4.78 is 0. The zero-order chi connectivity index (χ0) is 10.7. The predicted octanol–water partition coefficient (Wildman–Crippen LogP) is 0.779. The summed E-state index contributed by atoms with van der Waals surface area (Å²) in [5.41, 5.74) is 0. The molecule has 1 heterocycles. The number of carbonyl (C=O) groups excluding carboxylic acids is 1. The normalized spacial score (nSPS) is 22.1. The second kappa shape index (κ2) is 4.64. The van der Waals surface area contributed by atoms with Crippen molar-refractivity contribution in [3.63, 3.8) is 0 Å². The molecular formula is C11H19N3O. The van der Waals surface area contributed by atoms with Crippen molar-refractivity contribution >= 4 is 11.7 Å². The summed E-state index contributed by atoms with van der Waals surface area (Å²) >= 11 is 0. The minimum Gasteiger partial charge on any atom is -0.364 e. The van der Waals surface area contributed by atoms with Crippen molar-refractivity contribution in [1.82, 2.24) is 10.2 Å². The summed E-state index contributed by atoms with van der Waals surface area (Å²) in [6.07, 6.45) is 6.12. The summed E-state index contributed by atoms with van der Waals surface area (Å²) in [6.45, 7) is 1.54. The number of likely N-dealkylation sites (N-methyl/N-ethyl adjacent to an activating group) is 1. The second-order valence-electron chi connectivity index (χ2n) is 4.36. The fraction of sp³-hybridized carbons (Fsp3) is 0.818. The van der Waals surface area contributed by atoms with Crippen LogP contribution in [0.25, 0.3) is 0 Å². The molecule has 0 unspecified atom stereocenters. The van der Waals surface area contributed by atoms with Crippen LogP contribution in [0.4, 0.5) is 0 Å². The molecule has 0 aromatic carbocycles. The number of carbonyl (C=O) groups is 1. The van der Waals surface area contributed by atoms with Gasteiger partial charge in [-0.3, -0.25) is 9.79 Å². The Bertz CT molecular complexity index is 269. The van der Waals surface area contributed by atoms with Gasteiger partial charge in [0.2, 0.25) is 0 Å². The maximum Gasteiger partial charge on any atom is 0.288 e. The van der Waals surface area contributed by atoms with E-state index in [0.29, 0.717) is 11.9 Å². The van der Waals surface area contributed by atoms with Gasteiger partial charge in [0.1, 0.15) is 0 Å². The van der Waals surface area contributed by atoms with Gasteiger partial charge in [-0.05, 0) is 12.8 Å². The van der Waals surface area contributed by atoms with E-state index in [1.54, 1.807) is 0 Å². The molecule has 1 fully saturated rings. The Kier molecular flexibility index (Phi) is 3.23. The van der Waals surface area contributed by atoms with E-state index in [1.807, 2.05) is 11.9 Å². The van der Waals surface area contributed by atoms with E-state index >= 15 is 0 Å². The number of amidine groups is 1. The zero-order valence-corrected chi connectivity index (χ0v) is 9.33. The van der Waals surface area contributed by atoms with Crippen molar-refractivity contribution in [2.45, 2.75) is 38.1 Å². The van der Waals surface area contributed by atoms with Crippen molar-refractivity contribution < 1.29 is 4.79 Å². The smallest absolute Gasteiger partial charge is 0.288 e. The summed E-state index contributed by atoms with van der Waals surface area (Å²) in [5, 5.41) is 3.04. The molecule has 0 spiro atoms. The molecule has 1 N–H and O–H groups in total. The molecule has 0 aromatic heterocycles. The van der Waals surface area contributed by atoms with Crippen molar-refractivity contribution in [3.05, 3.63) is 0 Å². The number of hydrogen-bond donors (Lipinski definition) is 1. The van der Waals surface area contributed by atoms with Crippen LogP contribution in [0, 0.1) is 0 Å². The Balaban J connectivity index is 1.93. The van der Waals surface area contributed by atoms with Crippen LogP contribution in [0.2, 0.25) is 0 Å². The van der Waals surface area contributed by atoms with Crippen LogP contribution in [0.5, 0.6) is 0 Å². The molecule has 0 atom stereocenters. The minimum absolute atomic E-state index is 0.0689. The number of nitrogens with zero attached hydrogens (tertiary/aromatic N) is 2. The first-order chi connectivity index (χ1) is 7.29. The van der Waals surface area contributed by atoms with E-state index in [4.69, 9.17) is 0 Å². The summed E-state index contributed by atoms with van der Waals surface area (Å²) in [7, 11) is 1.90. The molecule has 15 heavy (non-hydrogen) atoms. The van der Waals surface area contributed by atoms with Crippen LogP contribution in [-0.4, -0.2) is 42.8 Å². The molecule has 1 aliphatic heterocycles. The molecule has 0 saturated heterocycles. The third-order valence-corrected chi connectivity index (χ3v) is 3.32. The number of amides is 1. The maximum atomic E-state index is 12.0. The Morgan fingerprint density at radius 2 is 2.13 bits per heavy atom. The van der Waals surface area contributed by atoms with E-state index in [1.165, 1.54) is 19.3 Å². The van der Waals surface area contributed by atoms with Gasteiger partial charge in [0.05, 0.1) is 6.54 Å². The van der Waals surface area contributed by atoms with E-state index in [2.05, 4.69) is 10.3 Å². The Morgan fingerprint density at radius 1 is 1.40 bits per heavy atom. The molecule has 0 aromatic rings. The summed E-state index contributed by atoms with van der Waals surface area (Å²) in [5.74, 6) is 0.627. The van der Waals surface area contributed by atoms with E-state index in [9.17, 15) is 4.79 Å². The molecule has 4 heteroatoms. The number of aliphatic imine (C=N–C) groups is 1. The fourth-order valence-electron chi connectivity index (χ4n) is 2.34. The Morgan fingerprint density at radius 3 is 2.73 bits per heavy atom. The third kappa shape index (κ3) is 2.30. The number of hydrogen-bond acceptors (Lipinski definition) is 3. The third-order valence-electron chi connectivity index (χ3n) is 3.32. The number of rotatable bonds is 2. The maximum absolute atomic E-state index is 12.0. The summed E-state index contributed by atoms with van der Waals surface area (Å²) in [6, 6.07) is 0.427. The van der Waals surface area contributed by atoms with Gasteiger partial charge in [0, 0.05) is 19.6 Å². The zero-order valence-electron chi connectivity index (χ0n) is 9.33. The molecule has 84 valence electrons. The van der Waals surface area contributed by atoms with Gasteiger partial charge in [-0.15, -0.1) is 0 Å². The van der Waals surface area contributed by atoms with Crippen LogP contribution in [0.3, 0.4) is 0 Å². The molecule has 1 aliphatic carbocycles. The largest absolute Gasteiger partial charge is 0.364 e. The van der Waals surface area contributed by atoms with Gasteiger partial charge < -0.3 is 10.2 Å². The van der Waals surface area contributed by atoms with Crippen molar-refractivity contribution in [2.24, 2.45) is 4.99 Å².